The fraction of sp³-hybridized carbons (Fsp3) is 0.375. The molecule has 0 saturated heterocycles. The maximum atomic E-state index is 4.37. The minimum atomic E-state index is 0. The van der Waals surface area contributed by atoms with Crippen molar-refractivity contribution in [2.45, 2.75) is 26.3 Å². The largest absolute Gasteiger partial charge is 0.356 e. The zero-order valence-electron chi connectivity index (χ0n) is 13.5. The molecule has 2 N–H and O–H groups in total. The molecule has 1 heterocycles. The van der Waals surface area contributed by atoms with E-state index in [0.29, 0.717) is 0 Å². The number of hydrogen-bond acceptors (Lipinski definition) is 3. The molecule has 126 valence electrons. The van der Waals surface area contributed by atoms with Gasteiger partial charge < -0.3 is 10.6 Å². The molecule has 0 aliphatic rings. The summed E-state index contributed by atoms with van der Waals surface area (Å²) in [5.41, 5.74) is 1.21. The van der Waals surface area contributed by atoms with E-state index in [9.17, 15) is 0 Å². The monoisotopic (exact) mass is 508 g/mol. The summed E-state index contributed by atoms with van der Waals surface area (Å²) >= 11 is 5.33. The van der Waals surface area contributed by atoms with Gasteiger partial charge in [0.2, 0.25) is 0 Å². The summed E-state index contributed by atoms with van der Waals surface area (Å²) in [5.74, 6) is 0.802. The first kappa shape index (κ1) is 20.4. The summed E-state index contributed by atoms with van der Waals surface area (Å²) < 4.78 is 1.10. The van der Waals surface area contributed by atoms with E-state index in [4.69, 9.17) is 0 Å². The lowest BCUT2D eigenvalue weighted by Crippen LogP contribution is -2.39. The number of aromatic nitrogens is 1. The third kappa shape index (κ3) is 6.39. The third-order valence-electron chi connectivity index (χ3n) is 3.25. The molecular formula is C16H22BrIN4S. The third-order valence-corrected chi connectivity index (χ3v) is 4.94. The second-order valence-corrected chi connectivity index (χ2v) is 7.17. The minimum absolute atomic E-state index is 0. The number of aliphatic imine (C=N–C) groups is 1. The lowest BCUT2D eigenvalue weighted by atomic mass is 10.1. The van der Waals surface area contributed by atoms with Crippen LogP contribution in [0.4, 0.5) is 0 Å². The summed E-state index contributed by atoms with van der Waals surface area (Å²) in [7, 11) is 1.79. The van der Waals surface area contributed by atoms with Gasteiger partial charge in [-0.05, 0) is 25.5 Å². The summed E-state index contributed by atoms with van der Waals surface area (Å²) in [6, 6.07) is 8.38. The van der Waals surface area contributed by atoms with E-state index in [-0.39, 0.29) is 30.0 Å². The molecule has 0 aliphatic carbocycles. The van der Waals surface area contributed by atoms with Crippen LogP contribution in [0.3, 0.4) is 0 Å². The zero-order chi connectivity index (χ0) is 15.9. The molecule has 0 amide bonds. The van der Waals surface area contributed by atoms with Crippen LogP contribution < -0.4 is 10.6 Å². The van der Waals surface area contributed by atoms with Crippen LogP contribution in [0.1, 0.15) is 28.4 Å². The number of nitrogens with zero attached hydrogens (tertiary/aromatic N) is 2. The van der Waals surface area contributed by atoms with Crippen LogP contribution in [-0.2, 0) is 6.42 Å². The summed E-state index contributed by atoms with van der Waals surface area (Å²) in [5, 5.41) is 7.90. The van der Waals surface area contributed by atoms with Gasteiger partial charge in [0.1, 0.15) is 0 Å². The molecule has 2 rings (SSSR count). The topological polar surface area (TPSA) is 49.3 Å². The van der Waals surface area contributed by atoms with Gasteiger partial charge in [0, 0.05) is 35.6 Å². The molecule has 0 fully saturated rings. The summed E-state index contributed by atoms with van der Waals surface area (Å²) in [4.78, 5) is 9.90. The van der Waals surface area contributed by atoms with Crippen molar-refractivity contribution >= 4 is 57.2 Å². The normalized spacial score (nSPS) is 12.4. The number of thiazole rings is 1. The molecule has 0 radical (unpaired) electrons. The van der Waals surface area contributed by atoms with Gasteiger partial charge in [0.15, 0.2) is 5.96 Å². The molecule has 0 saturated carbocycles. The van der Waals surface area contributed by atoms with Gasteiger partial charge in [-0.15, -0.1) is 35.3 Å². The van der Waals surface area contributed by atoms with Crippen molar-refractivity contribution in [2.24, 2.45) is 4.99 Å². The predicted molar refractivity (Wildman–Crippen MR) is 113 cm³/mol. The smallest absolute Gasteiger partial charge is 0.191 e. The van der Waals surface area contributed by atoms with Gasteiger partial charge in [-0.25, -0.2) is 4.98 Å². The first-order valence-electron chi connectivity index (χ1n) is 7.23. The Morgan fingerprint density at radius 1 is 1.39 bits per heavy atom. The van der Waals surface area contributed by atoms with Gasteiger partial charge in [-0.2, -0.15) is 0 Å². The van der Waals surface area contributed by atoms with Gasteiger partial charge in [0.25, 0.3) is 0 Å². The number of hydrogen-bond donors (Lipinski definition) is 2. The van der Waals surface area contributed by atoms with Crippen molar-refractivity contribution < 1.29 is 0 Å². The highest BCUT2D eigenvalue weighted by molar-refractivity contribution is 14.0. The van der Waals surface area contributed by atoms with E-state index in [1.165, 1.54) is 10.4 Å². The van der Waals surface area contributed by atoms with Crippen LogP contribution in [0.25, 0.3) is 0 Å². The highest BCUT2D eigenvalue weighted by Gasteiger charge is 2.10. The molecule has 7 heteroatoms. The quantitative estimate of drug-likeness (QED) is 0.359. The fourth-order valence-electron chi connectivity index (χ4n) is 2.11. The summed E-state index contributed by atoms with van der Waals surface area (Å²) in [6.07, 6.45) is 2.82. The van der Waals surface area contributed by atoms with E-state index in [2.05, 4.69) is 62.5 Å². The maximum Gasteiger partial charge on any atom is 0.191 e. The number of nitrogens with one attached hydrogen (secondary N) is 2. The van der Waals surface area contributed by atoms with Crippen LogP contribution >= 0.6 is 51.2 Å². The van der Waals surface area contributed by atoms with Crippen LogP contribution in [0, 0.1) is 6.92 Å². The molecular weight excluding hydrogens is 487 g/mol. The van der Waals surface area contributed by atoms with Crippen molar-refractivity contribution in [3.8, 4) is 0 Å². The van der Waals surface area contributed by atoms with E-state index < -0.39 is 0 Å². The standard InChI is InChI=1S/C16H21BrN4S.HI/c1-11-10-20-15(22-11)8-9-19-16(18-3)21-12(2)13-6-4-5-7-14(13)17;/h4-7,10,12H,8-9H2,1-3H3,(H2,18,19,21);1H. The first-order chi connectivity index (χ1) is 10.6. The molecule has 1 aromatic heterocycles. The first-order valence-corrected chi connectivity index (χ1v) is 8.84. The molecule has 2 aromatic rings. The maximum absolute atomic E-state index is 4.37. The Bertz CT molecular complexity index is 645. The average Bonchev–Trinajstić information content (AvgIpc) is 2.92. The SMILES string of the molecule is CN=C(NCCc1ncc(C)s1)NC(C)c1ccccc1Br.I. The average molecular weight is 509 g/mol. The Kier molecular flexibility index (Phi) is 9.08. The highest BCUT2D eigenvalue weighted by atomic mass is 127. The number of benzene rings is 1. The Balaban J connectivity index is 0.00000264. The van der Waals surface area contributed by atoms with Crippen molar-refractivity contribution in [3.05, 3.63) is 50.4 Å². The molecule has 4 nitrogen and oxygen atoms in total. The van der Waals surface area contributed by atoms with Crippen molar-refractivity contribution in [2.75, 3.05) is 13.6 Å². The summed E-state index contributed by atoms with van der Waals surface area (Å²) in [6.45, 7) is 5.01. The minimum Gasteiger partial charge on any atom is -0.356 e. The number of aryl methyl sites for hydroxylation is 1. The molecule has 23 heavy (non-hydrogen) atoms. The van der Waals surface area contributed by atoms with E-state index in [1.54, 1.807) is 18.4 Å². The van der Waals surface area contributed by atoms with E-state index in [0.717, 1.165) is 28.4 Å². The van der Waals surface area contributed by atoms with Gasteiger partial charge in [0.05, 0.1) is 11.0 Å². The Hall–Kier alpha value is -0.670. The lowest BCUT2D eigenvalue weighted by molar-refractivity contribution is 0.681. The Labute approximate surface area is 167 Å². The van der Waals surface area contributed by atoms with Crippen molar-refractivity contribution in [1.29, 1.82) is 0 Å². The van der Waals surface area contributed by atoms with Crippen LogP contribution in [0.5, 0.6) is 0 Å². The molecule has 0 aliphatic heterocycles. The number of guanidine groups is 1. The Morgan fingerprint density at radius 2 is 2.13 bits per heavy atom. The van der Waals surface area contributed by atoms with Crippen LogP contribution in [0.15, 0.2) is 39.9 Å². The van der Waals surface area contributed by atoms with Crippen molar-refractivity contribution in [1.82, 2.24) is 15.6 Å². The zero-order valence-corrected chi connectivity index (χ0v) is 18.2. The molecule has 1 atom stereocenters. The van der Waals surface area contributed by atoms with Crippen LogP contribution in [-0.4, -0.2) is 24.5 Å². The van der Waals surface area contributed by atoms with Gasteiger partial charge in [-0.3, -0.25) is 4.99 Å². The Morgan fingerprint density at radius 3 is 2.74 bits per heavy atom. The molecule has 0 spiro atoms. The highest BCUT2D eigenvalue weighted by Crippen LogP contribution is 2.22. The van der Waals surface area contributed by atoms with E-state index >= 15 is 0 Å². The van der Waals surface area contributed by atoms with Gasteiger partial charge >= 0.3 is 0 Å². The second-order valence-electron chi connectivity index (χ2n) is 5.00. The number of halogens is 2. The molecule has 1 aromatic carbocycles. The number of rotatable bonds is 5. The molecule has 1 unspecified atom stereocenters. The molecule has 0 bridgehead atoms. The predicted octanol–water partition coefficient (Wildman–Crippen LogP) is 4.30. The fourth-order valence-corrected chi connectivity index (χ4v) is 3.52. The van der Waals surface area contributed by atoms with Crippen molar-refractivity contribution in [3.63, 3.8) is 0 Å². The van der Waals surface area contributed by atoms with Crippen LogP contribution in [0.2, 0.25) is 0 Å². The lowest BCUT2D eigenvalue weighted by Gasteiger charge is -2.19. The second kappa shape index (κ2) is 10.2. The van der Waals surface area contributed by atoms with Gasteiger partial charge in [-0.1, -0.05) is 34.1 Å². The van der Waals surface area contributed by atoms with E-state index in [1.807, 2.05) is 18.3 Å².